The second kappa shape index (κ2) is 8.37. The number of aliphatic hydroxyl groups is 1. The van der Waals surface area contributed by atoms with Crippen LogP contribution in [-0.4, -0.2) is 52.2 Å². The second-order valence-corrected chi connectivity index (χ2v) is 6.76. The van der Waals surface area contributed by atoms with Crippen LogP contribution in [0.25, 0.3) is 0 Å². The molecule has 116 valence electrons. The Kier molecular flexibility index (Phi) is 7.15. The van der Waals surface area contributed by atoms with Crippen molar-refractivity contribution in [2.24, 2.45) is 0 Å². The smallest absolute Gasteiger partial charge is 0.242 e. The summed E-state index contributed by atoms with van der Waals surface area (Å²) in [5.41, 5.74) is 0.612. The van der Waals surface area contributed by atoms with Crippen LogP contribution >= 0.6 is 11.6 Å². The fourth-order valence-electron chi connectivity index (χ4n) is 1.50. The summed E-state index contributed by atoms with van der Waals surface area (Å²) in [7, 11) is 0.0991. The van der Waals surface area contributed by atoms with E-state index >= 15 is 0 Å². The van der Waals surface area contributed by atoms with Crippen molar-refractivity contribution in [3.8, 4) is 11.8 Å². The normalized spacial score (nSPS) is 11.3. The highest BCUT2D eigenvalue weighted by Gasteiger charge is 2.17. The molecule has 0 bridgehead atoms. The van der Waals surface area contributed by atoms with Gasteiger partial charge in [0.05, 0.1) is 11.6 Å². The maximum Gasteiger partial charge on any atom is 0.242 e. The number of nitrogens with one attached hydrogen (secondary N) is 1. The van der Waals surface area contributed by atoms with E-state index in [0.717, 1.165) is 0 Å². The second-order valence-electron chi connectivity index (χ2n) is 4.62. The van der Waals surface area contributed by atoms with Gasteiger partial charge in [-0.2, -0.15) is 0 Å². The molecule has 21 heavy (non-hydrogen) atoms. The molecule has 0 aliphatic heterocycles. The van der Waals surface area contributed by atoms with Crippen molar-refractivity contribution in [1.29, 1.82) is 0 Å². The zero-order valence-electron chi connectivity index (χ0n) is 12.1. The highest BCUT2D eigenvalue weighted by molar-refractivity contribution is 7.89. The summed E-state index contributed by atoms with van der Waals surface area (Å²) < 4.78 is 26.7. The molecule has 0 saturated carbocycles. The Labute approximate surface area is 131 Å². The standard InChI is InChI=1S/C14H19ClN2O3S/c1-17(2)9-8-16-21(19,20)14-7-6-12(11-13(14)15)5-3-4-10-18/h6-7,11,16,18H,4,8-10H2,1-2H3. The molecule has 0 atom stereocenters. The minimum absolute atomic E-state index is 0.0109. The van der Waals surface area contributed by atoms with E-state index in [1.54, 1.807) is 6.07 Å². The van der Waals surface area contributed by atoms with Crippen molar-refractivity contribution in [3.05, 3.63) is 28.8 Å². The van der Waals surface area contributed by atoms with Crippen LogP contribution in [-0.2, 0) is 10.0 Å². The molecule has 1 aromatic rings. The van der Waals surface area contributed by atoms with Crippen molar-refractivity contribution < 1.29 is 13.5 Å². The van der Waals surface area contributed by atoms with Crippen molar-refractivity contribution in [2.75, 3.05) is 33.8 Å². The Morgan fingerprint density at radius 2 is 2.10 bits per heavy atom. The van der Waals surface area contributed by atoms with Crippen molar-refractivity contribution in [1.82, 2.24) is 9.62 Å². The molecule has 0 aliphatic carbocycles. The molecule has 2 N–H and O–H groups in total. The van der Waals surface area contributed by atoms with Crippen LogP contribution in [0.2, 0.25) is 5.02 Å². The molecular weight excluding hydrogens is 312 g/mol. The van der Waals surface area contributed by atoms with Crippen LogP contribution < -0.4 is 4.72 Å². The topological polar surface area (TPSA) is 69.6 Å². The molecule has 0 fully saturated rings. The molecule has 0 aliphatic rings. The molecule has 0 amide bonds. The van der Waals surface area contributed by atoms with Crippen LogP contribution in [0.3, 0.4) is 0 Å². The van der Waals surface area contributed by atoms with Crippen LogP contribution in [0, 0.1) is 11.8 Å². The molecule has 1 rings (SSSR count). The van der Waals surface area contributed by atoms with Gasteiger partial charge in [-0.3, -0.25) is 0 Å². The number of rotatable bonds is 6. The van der Waals surface area contributed by atoms with E-state index in [2.05, 4.69) is 16.6 Å². The number of benzene rings is 1. The maximum absolute atomic E-state index is 12.1. The van der Waals surface area contributed by atoms with Crippen LogP contribution in [0.1, 0.15) is 12.0 Å². The van der Waals surface area contributed by atoms with Gasteiger partial charge in [0.25, 0.3) is 0 Å². The van der Waals surface area contributed by atoms with Gasteiger partial charge in [-0.15, -0.1) is 0 Å². The predicted molar refractivity (Wildman–Crippen MR) is 83.8 cm³/mol. The number of hydrogen-bond acceptors (Lipinski definition) is 4. The largest absolute Gasteiger partial charge is 0.395 e. The molecule has 7 heteroatoms. The van der Waals surface area contributed by atoms with Gasteiger partial charge >= 0.3 is 0 Å². The Morgan fingerprint density at radius 1 is 1.38 bits per heavy atom. The van der Waals surface area contributed by atoms with Crippen LogP contribution in [0.5, 0.6) is 0 Å². The Morgan fingerprint density at radius 3 is 2.67 bits per heavy atom. The van der Waals surface area contributed by atoms with Gasteiger partial charge in [0.2, 0.25) is 10.0 Å². The summed E-state index contributed by atoms with van der Waals surface area (Å²) in [6, 6.07) is 4.53. The van der Waals surface area contributed by atoms with E-state index in [1.807, 2.05) is 19.0 Å². The average Bonchev–Trinajstić information content (AvgIpc) is 2.38. The summed E-state index contributed by atoms with van der Waals surface area (Å²) >= 11 is 6.02. The fraction of sp³-hybridized carbons (Fsp3) is 0.429. The van der Waals surface area contributed by atoms with Gasteiger partial charge in [-0.1, -0.05) is 23.4 Å². The quantitative estimate of drug-likeness (QED) is 0.761. The van der Waals surface area contributed by atoms with Crippen molar-refractivity contribution in [3.63, 3.8) is 0 Å². The lowest BCUT2D eigenvalue weighted by Gasteiger charge is -2.11. The van der Waals surface area contributed by atoms with E-state index in [-0.39, 0.29) is 16.5 Å². The van der Waals surface area contributed by atoms with Gasteiger partial charge in [0, 0.05) is 25.1 Å². The van der Waals surface area contributed by atoms with Gasteiger partial charge in [0.15, 0.2) is 0 Å². The highest BCUT2D eigenvalue weighted by Crippen LogP contribution is 2.22. The molecule has 0 saturated heterocycles. The van der Waals surface area contributed by atoms with Gasteiger partial charge in [-0.05, 0) is 32.3 Å². The lowest BCUT2D eigenvalue weighted by atomic mass is 10.2. The number of hydrogen-bond donors (Lipinski definition) is 2. The SMILES string of the molecule is CN(C)CCNS(=O)(=O)c1ccc(C#CCCO)cc1Cl. The summed E-state index contributed by atoms with van der Waals surface area (Å²) in [6.07, 6.45) is 0.365. The monoisotopic (exact) mass is 330 g/mol. The van der Waals surface area contributed by atoms with Crippen LogP contribution in [0.15, 0.2) is 23.1 Å². The molecule has 0 spiro atoms. The lowest BCUT2D eigenvalue weighted by Crippen LogP contribution is -2.31. The first-order valence-corrected chi connectivity index (χ1v) is 8.26. The van der Waals surface area contributed by atoms with Crippen molar-refractivity contribution in [2.45, 2.75) is 11.3 Å². The van der Waals surface area contributed by atoms with Crippen molar-refractivity contribution >= 4 is 21.6 Å². The van der Waals surface area contributed by atoms with E-state index < -0.39 is 10.0 Å². The number of likely N-dealkylation sites (N-methyl/N-ethyl adjacent to an activating group) is 1. The molecule has 0 heterocycles. The summed E-state index contributed by atoms with van der Waals surface area (Å²) in [4.78, 5) is 1.92. The first-order valence-electron chi connectivity index (χ1n) is 6.40. The summed E-state index contributed by atoms with van der Waals surface area (Å²) in [5, 5.41) is 8.78. The summed E-state index contributed by atoms with van der Waals surface area (Å²) in [5.74, 6) is 5.56. The predicted octanol–water partition coefficient (Wildman–Crippen LogP) is 0.914. The Hall–Kier alpha value is -1.10. The Balaban J connectivity index is 2.86. The minimum Gasteiger partial charge on any atom is -0.395 e. The molecule has 1 aromatic carbocycles. The van der Waals surface area contributed by atoms with Gasteiger partial charge < -0.3 is 10.0 Å². The molecule has 5 nitrogen and oxygen atoms in total. The molecule has 0 unspecified atom stereocenters. The first kappa shape index (κ1) is 18.0. The third-order valence-corrected chi connectivity index (χ3v) is 4.49. The molecular formula is C14H19ClN2O3S. The number of nitrogens with zero attached hydrogens (tertiary/aromatic N) is 1. The third kappa shape index (κ3) is 6.04. The summed E-state index contributed by atoms with van der Waals surface area (Å²) in [6.45, 7) is 0.897. The highest BCUT2D eigenvalue weighted by atomic mass is 35.5. The zero-order chi connectivity index (χ0) is 15.9. The number of halogens is 1. The number of sulfonamides is 1. The van der Waals surface area contributed by atoms with E-state index in [4.69, 9.17) is 16.7 Å². The van der Waals surface area contributed by atoms with Crippen LogP contribution in [0.4, 0.5) is 0 Å². The van der Waals surface area contributed by atoms with Gasteiger partial charge in [0.1, 0.15) is 4.90 Å². The van der Waals surface area contributed by atoms with Gasteiger partial charge in [-0.25, -0.2) is 13.1 Å². The molecule has 0 radical (unpaired) electrons. The molecule has 0 aromatic heterocycles. The van der Waals surface area contributed by atoms with E-state index in [1.165, 1.54) is 12.1 Å². The average molecular weight is 331 g/mol. The minimum atomic E-state index is -3.63. The maximum atomic E-state index is 12.1. The van der Waals surface area contributed by atoms with E-state index in [0.29, 0.717) is 25.1 Å². The lowest BCUT2D eigenvalue weighted by molar-refractivity contribution is 0.305. The fourth-order valence-corrected chi connectivity index (χ4v) is 3.06. The van der Waals surface area contributed by atoms with E-state index in [9.17, 15) is 8.42 Å². The zero-order valence-corrected chi connectivity index (χ0v) is 13.6. The third-order valence-electron chi connectivity index (χ3n) is 2.54. The Bertz CT molecular complexity index is 633. The number of aliphatic hydroxyl groups excluding tert-OH is 1. The first-order chi connectivity index (χ1) is 9.86.